The normalized spacial score (nSPS) is 11.7. The van der Waals surface area contributed by atoms with Crippen LogP contribution in [-0.2, 0) is 4.79 Å². The molecule has 8 heteroatoms. The summed E-state index contributed by atoms with van der Waals surface area (Å²) in [5.74, 6) is -0.441. The summed E-state index contributed by atoms with van der Waals surface area (Å²) in [7, 11) is 1.56. The fraction of sp³-hybridized carbons (Fsp3) is 0.111. The van der Waals surface area contributed by atoms with Crippen LogP contribution in [0.4, 0.5) is 5.69 Å². The Balaban J connectivity index is 1.56. The first kappa shape index (κ1) is 22.5. The first-order chi connectivity index (χ1) is 16.9. The first-order valence-corrected chi connectivity index (χ1v) is 11.7. The topological polar surface area (TPSA) is 93.8 Å². The molecule has 7 nitrogen and oxygen atoms in total. The van der Waals surface area contributed by atoms with E-state index in [0.29, 0.717) is 22.4 Å². The number of methoxy groups -OCH3 is 1. The number of thiazole rings is 1. The number of nitrogens with one attached hydrogen (secondary N) is 1. The van der Waals surface area contributed by atoms with Gasteiger partial charge in [0.25, 0.3) is 5.91 Å². The molecular formula is C27H21N3O4S. The number of benzene rings is 3. The molecule has 5 rings (SSSR count). The number of amides is 2. The van der Waals surface area contributed by atoms with Gasteiger partial charge in [-0.15, -0.1) is 11.3 Å². The number of hydrogen-bond acceptors (Lipinski definition) is 7. The fourth-order valence-corrected chi connectivity index (χ4v) is 4.73. The summed E-state index contributed by atoms with van der Waals surface area (Å²) in [6.45, 7) is 3.34. The van der Waals surface area contributed by atoms with Crippen LogP contribution in [0.1, 0.15) is 22.8 Å². The van der Waals surface area contributed by atoms with Crippen molar-refractivity contribution in [2.45, 2.75) is 13.8 Å². The number of nitrogens with zero attached hydrogens (tertiary/aromatic N) is 2. The van der Waals surface area contributed by atoms with E-state index >= 15 is 0 Å². The molecule has 5 aromatic rings. The van der Waals surface area contributed by atoms with E-state index in [1.54, 1.807) is 42.7 Å². The number of aromatic nitrogens is 1. The summed E-state index contributed by atoms with van der Waals surface area (Å²) in [5.41, 5.74) is 4.52. The van der Waals surface area contributed by atoms with E-state index in [1.807, 2.05) is 30.3 Å². The number of carbonyl (C=O) groups excluding carboxylic acids is 2. The average molecular weight is 484 g/mol. The summed E-state index contributed by atoms with van der Waals surface area (Å²) in [6, 6.07) is 20.7. The van der Waals surface area contributed by atoms with Crippen molar-refractivity contribution in [1.82, 2.24) is 10.3 Å². The Labute approximate surface area is 204 Å². The molecule has 174 valence electrons. The molecule has 0 aliphatic heterocycles. The Bertz CT molecular complexity index is 1670. The van der Waals surface area contributed by atoms with Crippen molar-refractivity contribution in [1.29, 1.82) is 0 Å². The SMILES string of the molecule is COc1ccc2oc(=Nc3ccc(-c4nc5ccc(C)cc5s4)cc3)c(C(=O)NC(C)=O)cc2c1. The molecule has 0 aliphatic rings. The summed E-state index contributed by atoms with van der Waals surface area (Å²) in [5, 5.41) is 3.86. The average Bonchev–Trinajstić information content (AvgIpc) is 3.26. The molecule has 0 unspecified atom stereocenters. The van der Waals surface area contributed by atoms with Gasteiger partial charge in [-0.25, -0.2) is 9.98 Å². The monoisotopic (exact) mass is 483 g/mol. The van der Waals surface area contributed by atoms with Gasteiger partial charge in [-0.1, -0.05) is 6.07 Å². The van der Waals surface area contributed by atoms with Gasteiger partial charge in [0.1, 0.15) is 21.9 Å². The van der Waals surface area contributed by atoms with E-state index < -0.39 is 11.8 Å². The van der Waals surface area contributed by atoms with Crippen molar-refractivity contribution in [3.8, 4) is 16.3 Å². The molecule has 0 bridgehead atoms. The maximum Gasteiger partial charge on any atom is 0.263 e. The standard InChI is InChI=1S/C27H21N3O4S/c1-15-4-10-22-24(12-15)35-27(30-22)17-5-7-19(8-6-17)29-26-21(25(32)28-16(2)31)14-18-13-20(33-3)9-11-23(18)34-26/h4-14H,1-3H3,(H,28,31,32). The molecule has 3 aromatic carbocycles. The lowest BCUT2D eigenvalue weighted by Crippen LogP contribution is -2.32. The summed E-state index contributed by atoms with van der Waals surface area (Å²) >= 11 is 1.64. The molecule has 0 fully saturated rings. The lowest BCUT2D eigenvalue weighted by atomic mass is 10.1. The number of ether oxygens (including phenoxy) is 1. The van der Waals surface area contributed by atoms with E-state index in [2.05, 4.69) is 29.4 Å². The molecular weight excluding hydrogens is 462 g/mol. The first-order valence-electron chi connectivity index (χ1n) is 10.9. The highest BCUT2D eigenvalue weighted by Crippen LogP contribution is 2.31. The van der Waals surface area contributed by atoms with Crippen molar-refractivity contribution in [3.63, 3.8) is 0 Å². The molecule has 0 spiro atoms. The number of imide groups is 1. The molecule has 0 saturated carbocycles. The van der Waals surface area contributed by atoms with Crippen LogP contribution < -0.4 is 15.6 Å². The number of carbonyl (C=O) groups is 2. The van der Waals surface area contributed by atoms with Gasteiger partial charge < -0.3 is 9.15 Å². The summed E-state index contributed by atoms with van der Waals surface area (Å²) < 4.78 is 12.4. The Hall–Kier alpha value is -4.30. The van der Waals surface area contributed by atoms with Gasteiger partial charge in [0.05, 0.1) is 23.0 Å². The number of rotatable bonds is 4. The Morgan fingerprint density at radius 1 is 1.03 bits per heavy atom. The van der Waals surface area contributed by atoms with Crippen LogP contribution in [0.15, 0.2) is 76.1 Å². The van der Waals surface area contributed by atoms with Gasteiger partial charge in [-0.3, -0.25) is 14.9 Å². The van der Waals surface area contributed by atoms with Crippen LogP contribution in [0.3, 0.4) is 0 Å². The van der Waals surface area contributed by atoms with Crippen LogP contribution >= 0.6 is 11.3 Å². The second-order valence-electron chi connectivity index (χ2n) is 8.03. The minimum absolute atomic E-state index is 0.102. The van der Waals surface area contributed by atoms with Crippen molar-refractivity contribution in [2.24, 2.45) is 4.99 Å². The van der Waals surface area contributed by atoms with E-state index in [4.69, 9.17) is 14.1 Å². The van der Waals surface area contributed by atoms with Gasteiger partial charge in [0.2, 0.25) is 11.5 Å². The molecule has 1 N–H and O–H groups in total. The van der Waals surface area contributed by atoms with E-state index in [-0.39, 0.29) is 11.1 Å². The van der Waals surface area contributed by atoms with Crippen molar-refractivity contribution < 1.29 is 18.7 Å². The highest BCUT2D eigenvalue weighted by atomic mass is 32.1. The summed E-state index contributed by atoms with van der Waals surface area (Å²) in [4.78, 5) is 33.5. The van der Waals surface area contributed by atoms with Gasteiger partial charge in [-0.05, 0) is 73.2 Å². The van der Waals surface area contributed by atoms with Crippen molar-refractivity contribution >= 4 is 50.0 Å². The maximum absolute atomic E-state index is 12.7. The quantitative estimate of drug-likeness (QED) is 0.362. The largest absolute Gasteiger partial charge is 0.497 e. The number of aryl methyl sites for hydroxylation is 1. The van der Waals surface area contributed by atoms with Crippen molar-refractivity contribution in [3.05, 3.63) is 83.4 Å². The fourth-order valence-electron chi connectivity index (χ4n) is 3.66. The van der Waals surface area contributed by atoms with E-state index in [0.717, 1.165) is 20.8 Å². The number of hydrogen-bond donors (Lipinski definition) is 1. The molecule has 0 aliphatic carbocycles. The molecule has 0 radical (unpaired) electrons. The number of fused-ring (bicyclic) bond motifs is 2. The second-order valence-corrected chi connectivity index (χ2v) is 9.06. The van der Waals surface area contributed by atoms with Gasteiger partial charge in [0, 0.05) is 17.9 Å². The zero-order valence-corrected chi connectivity index (χ0v) is 20.1. The molecule has 2 amide bonds. The van der Waals surface area contributed by atoms with Crippen LogP contribution in [0.25, 0.3) is 31.8 Å². The maximum atomic E-state index is 12.7. The molecule has 2 aromatic heterocycles. The third-order valence-electron chi connectivity index (χ3n) is 5.38. The van der Waals surface area contributed by atoms with Crippen molar-refractivity contribution in [2.75, 3.05) is 7.11 Å². The van der Waals surface area contributed by atoms with Gasteiger partial charge in [-0.2, -0.15) is 0 Å². The minimum atomic E-state index is -0.592. The van der Waals surface area contributed by atoms with E-state index in [9.17, 15) is 9.59 Å². The van der Waals surface area contributed by atoms with E-state index in [1.165, 1.54) is 12.5 Å². The molecule has 0 saturated heterocycles. The van der Waals surface area contributed by atoms with Gasteiger partial charge in [0.15, 0.2) is 0 Å². The third-order valence-corrected chi connectivity index (χ3v) is 6.44. The molecule has 0 atom stereocenters. The lowest BCUT2D eigenvalue weighted by molar-refractivity contribution is -0.118. The predicted octanol–water partition coefficient (Wildman–Crippen LogP) is 5.54. The molecule has 35 heavy (non-hydrogen) atoms. The van der Waals surface area contributed by atoms with Crippen LogP contribution in [0.5, 0.6) is 5.75 Å². The van der Waals surface area contributed by atoms with Crippen LogP contribution in [-0.4, -0.2) is 23.9 Å². The third kappa shape index (κ3) is 4.69. The smallest absolute Gasteiger partial charge is 0.263 e. The highest BCUT2D eigenvalue weighted by molar-refractivity contribution is 7.21. The highest BCUT2D eigenvalue weighted by Gasteiger charge is 2.15. The Kier molecular flexibility index (Phi) is 5.88. The summed E-state index contributed by atoms with van der Waals surface area (Å²) in [6.07, 6.45) is 0. The van der Waals surface area contributed by atoms with Gasteiger partial charge >= 0.3 is 0 Å². The van der Waals surface area contributed by atoms with Crippen LogP contribution in [0, 0.1) is 6.92 Å². The second kappa shape index (κ2) is 9.15. The minimum Gasteiger partial charge on any atom is -0.497 e. The predicted molar refractivity (Wildman–Crippen MR) is 136 cm³/mol. The Morgan fingerprint density at radius 2 is 1.83 bits per heavy atom. The zero-order valence-electron chi connectivity index (χ0n) is 19.3. The van der Waals surface area contributed by atoms with Crippen LogP contribution in [0.2, 0.25) is 0 Å². The molecule has 2 heterocycles. The zero-order chi connectivity index (χ0) is 24.5. The Morgan fingerprint density at radius 3 is 2.57 bits per heavy atom. The lowest BCUT2D eigenvalue weighted by Gasteiger charge is -2.06.